The van der Waals surface area contributed by atoms with Gasteiger partial charge in [0.1, 0.15) is 5.75 Å². The van der Waals surface area contributed by atoms with Gasteiger partial charge in [-0.25, -0.2) is 4.79 Å². The van der Waals surface area contributed by atoms with Crippen molar-refractivity contribution in [1.82, 2.24) is 0 Å². The van der Waals surface area contributed by atoms with Gasteiger partial charge in [-0.2, -0.15) is 13.2 Å². The van der Waals surface area contributed by atoms with E-state index < -0.39 is 17.7 Å². The Hall–Kier alpha value is -2.30. The van der Waals surface area contributed by atoms with Crippen molar-refractivity contribution < 1.29 is 22.7 Å². The Morgan fingerprint density at radius 2 is 1.48 bits per heavy atom. The number of esters is 1. The van der Waals surface area contributed by atoms with E-state index in [9.17, 15) is 18.0 Å². The van der Waals surface area contributed by atoms with E-state index in [4.69, 9.17) is 4.74 Å². The van der Waals surface area contributed by atoms with Crippen molar-refractivity contribution in [1.29, 1.82) is 0 Å². The minimum absolute atomic E-state index is 0.0710. The van der Waals surface area contributed by atoms with E-state index in [1.165, 1.54) is 0 Å². The molecule has 0 spiro atoms. The predicted molar refractivity (Wildman–Crippen MR) is 81.5 cm³/mol. The Bertz CT molecular complexity index is 695. The number of benzene rings is 2. The fourth-order valence-corrected chi connectivity index (χ4v) is 2.13. The number of halogens is 3. The molecule has 0 N–H and O–H groups in total. The van der Waals surface area contributed by atoms with Crippen LogP contribution in [-0.2, 0) is 11.6 Å². The van der Waals surface area contributed by atoms with E-state index in [2.05, 4.69) is 0 Å². The van der Waals surface area contributed by atoms with Crippen LogP contribution in [0.1, 0.15) is 42.3 Å². The van der Waals surface area contributed by atoms with E-state index in [-0.39, 0.29) is 11.0 Å². The van der Waals surface area contributed by atoms with E-state index in [0.717, 1.165) is 29.8 Å². The van der Waals surface area contributed by atoms with Gasteiger partial charge in [0.25, 0.3) is 0 Å². The van der Waals surface area contributed by atoms with E-state index in [1.54, 1.807) is 12.1 Å². The van der Waals surface area contributed by atoms with Gasteiger partial charge in [0.2, 0.25) is 0 Å². The zero-order valence-corrected chi connectivity index (χ0v) is 13.1. The summed E-state index contributed by atoms with van der Waals surface area (Å²) in [6.07, 6.45) is -4.43. The molecule has 0 aromatic heterocycles. The fourth-order valence-electron chi connectivity index (χ4n) is 2.13. The van der Waals surface area contributed by atoms with Crippen LogP contribution >= 0.6 is 0 Å². The van der Waals surface area contributed by atoms with E-state index >= 15 is 0 Å². The van der Waals surface area contributed by atoms with Crippen LogP contribution in [0.15, 0.2) is 48.5 Å². The number of para-hydroxylation sites is 1. The van der Waals surface area contributed by atoms with Crippen LogP contribution in [0.4, 0.5) is 13.2 Å². The molecule has 23 heavy (non-hydrogen) atoms. The number of ether oxygens (including phenoxy) is 1. The summed E-state index contributed by atoms with van der Waals surface area (Å²) in [6, 6.07) is 11.1. The molecule has 0 aliphatic carbocycles. The summed E-state index contributed by atoms with van der Waals surface area (Å²) in [5, 5.41) is 0. The van der Waals surface area contributed by atoms with Crippen LogP contribution in [-0.4, -0.2) is 5.97 Å². The van der Waals surface area contributed by atoms with Gasteiger partial charge in [0, 0.05) is 5.56 Å². The van der Waals surface area contributed by atoms with Crippen molar-refractivity contribution in [3.8, 4) is 5.75 Å². The molecule has 5 heteroatoms. The monoisotopic (exact) mass is 322 g/mol. The zero-order chi connectivity index (χ0) is 17.3. The molecule has 2 aromatic rings. The second kappa shape index (κ2) is 6.07. The third-order valence-electron chi connectivity index (χ3n) is 3.35. The van der Waals surface area contributed by atoms with Gasteiger partial charge in [-0.1, -0.05) is 39.0 Å². The number of hydrogen-bond acceptors (Lipinski definition) is 2. The van der Waals surface area contributed by atoms with Crippen molar-refractivity contribution in [3.05, 3.63) is 65.2 Å². The first-order valence-electron chi connectivity index (χ1n) is 7.08. The molecule has 0 radical (unpaired) electrons. The standard InChI is InChI=1S/C18H17F3O2/c1-17(2,3)14-6-4-5-7-15(14)23-16(22)12-8-10-13(11-9-12)18(19,20)21/h4-11H,1-3H3. The smallest absolute Gasteiger partial charge is 0.416 e. The summed E-state index contributed by atoms with van der Waals surface area (Å²) in [5.41, 5.74) is -0.108. The highest BCUT2D eigenvalue weighted by Crippen LogP contribution is 2.32. The summed E-state index contributed by atoms with van der Waals surface area (Å²) in [6.45, 7) is 5.95. The molecule has 0 unspecified atom stereocenters. The first-order valence-corrected chi connectivity index (χ1v) is 7.08. The quantitative estimate of drug-likeness (QED) is 0.559. The topological polar surface area (TPSA) is 26.3 Å². The summed E-state index contributed by atoms with van der Waals surface area (Å²) in [4.78, 5) is 12.2. The molecule has 0 heterocycles. The van der Waals surface area contributed by atoms with Crippen LogP contribution in [0.2, 0.25) is 0 Å². The van der Waals surface area contributed by atoms with Gasteiger partial charge in [-0.15, -0.1) is 0 Å². The lowest BCUT2D eigenvalue weighted by Crippen LogP contribution is -2.16. The molecule has 0 saturated heterocycles. The molecule has 0 aliphatic heterocycles. The molecule has 2 aromatic carbocycles. The molecule has 2 rings (SSSR count). The lowest BCUT2D eigenvalue weighted by atomic mass is 9.86. The average Bonchev–Trinajstić information content (AvgIpc) is 2.46. The van der Waals surface area contributed by atoms with Crippen molar-refractivity contribution in [2.75, 3.05) is 0 Å². The summed E-state index contributed by atoms with van der Waals surface area (Å²) < 4.78 is 43.0. The molecule has 0 amide bonds. The highest BCUT2D eigenvalue weighted by molar-refractivity contribution is 5.91. The van der Waals surface area contributed by atoms with Crippen molar-refractivity contribution in [2.45, 2.75) is 32.4 Å². The summed E-state index contributed by atoms with van der Waals surface area (Å²) >= 11 is 0. The van der Waals surface area contributed by atoms with Gasteiger partial charge in [0.15, 0.2) is 0 Å². The third kappa shape index (κ3) is 4.12. The second-order valence-electron chi connectivity index (χ2n) is 6.21. The minimum atomic E-state index is -4.43. The lowest BCUT2D eigenvalue weighted by Gasteiger charge is -2.22. The van der Waals surface area contributed by atoms with E-state index in [1.807, 2.05) is 32.9 Å². The molecule has 2 nitrogen and oxygen atoms in total. The van der Waals surface area contributed by atoms with Crippen LogP contribution in [0.25, 0.3) is 0 Å². The fraction of sp³-hybridized carbons (Fsp3) is 0.278. The van der Waals surface area contributed by atoms with Gasteiger partial charge in [-0.3, -0.25) is 0 Å². The molecular weight excluding hydrogens is 305 g/mol. The SMILES string of the molecule is CC(C)(C)c1ccccc1OC(=O)c1ccc(C(F)(F)F)cc1. The molecule has 0 saturated carbocycles. The first kappa shape index (κ1) is 17.1. The Labute approximate surface area is 132 Å². The van der Waals surface area contributed by atoms with Crippen LogP contribution in [0.3, 0.4) is 0 Å². The van der Waals surface area contributed by atoms with E-state index in [0.29, 0.717) is 5.75 Å². The predicted octanol–water partition coefficient (Wildman–Crippen LogP) is 5.22. The van der Waals surface area contributed by atoms with Gasteiger partial charge < -0.3 is 4.74 Å². The normalized spacial score (nSPS) is 12.1. The van der Waals surface area contributed by atoms with Crippen molar-refractivity contribution >= 4 is 5.97 Å². The summed E-state index contributed by atoms with van der Waals surface area (Å²) in [7, 11) is 0. The van der Waals surface area contributed by atoms with Crippen molar-refractivity contribution in [3.63, 3.8) is 0 Å². The number of alkyl halides is 3. The third-order valence-corrected chi connectivity index (χ3v) is 3.35. The number of hydrogen-bond donors (Lipinski definition) is 0. The molecule has 0 fully saturated rings. The molecule has 0 aliphatic rings. The van der Waals surface area contributed by atoms with Crippen LogP contribution < -0.4 is 4.74 Å². The van der Waals surface area contributed by atoms with Gasteiger partial charge in [0.05, 0.1) is 11.1 Å². The number of rotatable bonds is 2. The Kier molecular flexibility index (Phi) is 4.50. The zero-order valence-electron chi connectivity index (χ0n) is 13.1. The maximum absolute atomic E-state index is 12.5. The molecule has 0 bridgehead atoms. The lowest BCUT2D eigenvalue weighted by molar-refractivity contribution is -0.137. The molecule has 0 atom stereocenters. The maximum Gasteiger partial charge on any atom is 0.416 e. The highest BCUT2D eigenvalue weighted by atomic mass is 19.4. The average molecular weight is 322 g/mol. The van der Waals surface area contributed by atoms with Crippen LogP contribution in [0.5, 0.6) is 5.75 Å². The maximum atomic E-state index is 12.5. The van der Waals surface area contributed by atoms with Gasteiger partial charge >= 0.3 is 12.1 Å². The van der Waals surface area contributed by atoms with Gasteiger partial charge in [-0.05, 0) is 35.7 Å². The Morgan fingerprint density at radius 3 is 2.00 bits per heavy atom. The minimum Gasteiger partial charge on any atom is -0.423 e. The Balaban J connectivity index is 2.24. The largest absolute Gasteiger partial charge is 0.423 e. The van der Waals surface area contributed by atoms with Crippen molar-refractivity contribution in [2.24, 2.45) is 0 Å². The molecular formula is C18H17F3O2. The van der Waals surface area contributed by atoms with Crippen LogP contribution in [0, 0.1) is 0 Å². The number of carbonyl (C=O) groups is 1. The second-order valence-corrected chi connectivity index (χ2v) is 6.21. The summed E-state index contributed by atoms with van der Waals surface area (Å²) in [5.74, 6) is -0.277. The highest BCUT2D eigenvalue weighted by Gasteiger charge is 2.30. The first-order chi connectivity index (χ1) is 10.6. The molecule has 122 valence electrons. The number of carbonyl (C=O) groups excluding carboxylic acids is 1. The Morgan fingerprint density at radius 1 is 0.913 bits per heavy atom.